The molecule has 16 heavy (non-hydrogen) atoms. The van der Waals surface area contributed by atoms with Crippen LogP contribution >= 0.6 is 0 Å². The van der Waals surface area contributed by atoms with Crippen LogP contribution in [0, 0.1) is 17.2 Å². The number of hydrogen-bond acceptors (Lipinski definition) is 3. The topological polar surface area (TPSA) is 39.1 Å². The van der Waals surface area contributed by atoms with Crippen LogP contribution in [0.5, 0.6) is 0 Å². The maximum absolute atomic E-state index is 9.15. The van der Waals surface area contributed by atoms with Crippen molar-refractivity contribution < 1.29 is 0 Å². The molecular formula is C13H25N3. The van der Waals surface area contributed by atoms with E-state index in [4.69, 9.17) is 5.26 Å². The lowest BCUT2D eigenvalue weighted by Gasteiger charge is -2.37. The van der Waals surface area contributed by atoms with Crippen LogP contribution in [-0.4, -0.2) is 37.1 Å². The quantitative estimate of drug-likeness (QED) is 0.792. The van der Waals surface area contributed by atoms with E-state index in [1.807, 2.05) is 14.0 Å². The molecule has 1 N–H and O–H groups in total. The van der Waals surface area contributed by atoms with E-state index in [1.165, 1.54) is 25.7 Å². The Bertz CT molecular complexity index is 258. The Morgan fingerprint density at radius 3 is 2.69 bits per heavy atom. The molecule has 0 aliphatic heterocycles. The van der Waals surface area contributed by atoms with Crippen LogP contribution in [0.4, 0.5) is 0 Å². The molecule has 0 radical (unpaired) electrons. The molecule has 0 spiro atoms. The molecule has 0 bridgehead atoms. The van der Waals surface area contributed by atoms with Crippen molar-refractivity contribution >= 4 is 0 Å². The minimum atomic E-state index is -0.421. The van der Waals surface area contributed by atoms with Gasteiger partial charge in [0.25, 0.3) is 0 Å². The van der Waals surface area contributed by atoms with Gasteiger partial charge in [0.05, 0.1) is 6.07 Å². The summed E-state index contributed by atoms with van der Waals surface area (Å²) in [5.41, 5.74) is -0.421. The summed E-state index contributed by atoms with van der Waals surface area (Å²) in [6.45, 7) is 5.11. The summed E-state index contributed by atoms with van der Waals surface area (Å²) in [6, 6.07) is 3.01. The van der Waals surface area contributed by atoms with Gasteiger partial charge in [0.1, 0.15) is 5.54 Å². The van der Waals surface area contributed by atoms with Crippen molar-refractivity contribution in [1.82, 2.24) is 10.2 Å². The molecule has 3 nitrogen and oxygen atoms in total. The van der Waals surface area contributed by atoms with E-state index < -0.39 is 5.54 Å². The zero-order valence-electron chi connectivity index (χ0n) is 11.1. The van der Waals surface area contributed by atoms with E-state index in [0.29, 0.717) is 6.04 Å². The van der Waals surface area contributed by atoms with Crippen molar-refractivity contribution in [1.29, 1.82) is 5.26 Å². The molecule has 0 heterocycles. The second kappa shape index (κ2) is 5.65. The van der Waals surface area contributed by atoms with Gasteiger partial charge < -0.3 is 10.2 Å². The largest absolute Gasteiger partial charge is 0.302 e. The molecule has 0 aromatic rings. The van der Waals surface area contributed by atoms with Crippen LogP contribution < -0.4 is 5.32 Å². The van der Waals surface area contributed by atoms with E-state index in [-0.39, 0.29) is 0 Å². The zero-order valence-corrected chi connectivity index (χ0v) is 11.1. The Kier molecular flexibility index (Phi) is 4.76. The number of nitrogens with zero attached hydrogens (tertiary/aromatic N) is 2. The maximum atomic E-state index is 9.15. The average molecular weight is 223 g/mol. The fourth-order valence-corrected chi connectivity index (χ4v) is 2.60. The minimum Gasteiger partial charge on any atom is -0.302 e. The van der Waals surface area contributed by atoms with Crippen molar-refractivity contribution in [2.75, 3.05) is 20.6 Å². The van der Waals surface area contributed by atoms with Crippen molar-refractivity contribution in [3.63, 3.8) is 0 Å². The van der Waals surface area contributed by atoms with E-state index in [9.17, 15) is 0 Å². The molecule has 3 heteroatoms. The van der Waals surface area contributed by atoms with Gasteiger partial charge in [0, 0.05) is 12.6 Å². The summed E-state index contributed by atoms with van der Waals surface area (Å²) in [6.07, 6.45) is 5.26. The number of likely N-dealkylation sites (N-methyl/N-ethyl adjacent to an activating group) is 2. The molecule has 1 aliphatic rings. The first-order chi connectivity index (χ1) is 7.50. The number of hydrogen-bond donors (Lipinski definition) is 1. The monoisotopic (exact) mass is 223 g/mol. The summed E-state index contributed by atoms with van der Waals surface area (Å²) in [7, 11) is 4.01. The lowest BCUT2D eigenvalue weighted by atomic mass is 9.86. The molecule has 0 aromatic heterocycles. The highest BCUT2D eigenvalue weighted by molar-refractivity contribution is 5.05. The van der Waals surface area contributed by atoms with Gasteiger partial charge in [0.2, 0.25) is 0 Å². The minimum absolute atomic E-state index is 0.421. The lowest BCUT2D eigenvalue weighted by molar-refractivity contribution is 0.142. The average Bonchev–Trinajstić information content (AvgIpc) is 2.29. The predicted octanol–water partition coefficient (Wildman–Crippen LogP) is 2.00. The van der Waals surface area contributed by atoms with E-state index >= 15 is 0 Å². The van der Waals surface area contributed by atoms with Crippen LogP contribution in [-0.2, 0) is 0 Å². The molecule has 3 unspecified atom stereocenters. The van der Waals surface area contributed by atoms with Crippen molar-refractivity contribution in [2.24, 2.45) is 5.92 Å². The Morgan fingerprint density at radius 2 is 2.19 bits per heavy atom. The van der Waals surface area contributed by atoms with Gasteiger partial charge in [-0.25, -0.2) is 0 Å². The van der Waals surface area contributed by atoms with Gasteiger partial charge in [-0.3, -0.25) is 0 Å². The van der Waals surface area contributed by atoms with Gasteiger partial charge in [-0.1, -0.05) is 19.8 Å². The first-order valence-corrected chi connectivity index (χ1v) is 6.31. The summed E-state index contributed by atoms with van der Waals surface area (Å²) < 4.78 is 0. The maximum Gasteiger partial charge on any atom is 0.116 e. The van der Waals surface area contributed by atoms with Gasteiger partial charge >= 0.3 is 0 Å². The first kappa shape index (κ1) is 13.5. The number of rotatable bonds is 4. The van der Waals surface area contributed by atoms with Crippen molar-refractivity contribution in [2.45, 2.75) is 51.1 Å². The molecular weight excluding hydrogens is 198 g/mol. The Labute approximate surface area is 99.8 Å². The molecule has 0 amide bonds. The molecule has 1 rings (SSSR count). The second-order valence-corrected chi connectivity index (χ2v) is 5.53. The van der Waals surface area contributed by atoms with Gasteiger partial charge in [0.15, 0.2) is 0 Å². The first-order valence-electron chi connectivity index (χ1n) is 6.31. The summed E-state index contributed by atoms with van der Waals surface area (Å²) in [5.74, 6) is 0.837. The third-order valence-electron chi connectivity index (χ3n) is 3.90. The van der Waals surface area contributed by atoms with Gasteiger partial charge in [-0.2, -0.15) is 5.26 Å². The molecule has 3 atom stereocenters. The highest BCUT2D eigenvalue weighted by Gasteiger charge is 2.28. The molecule has 0 saturated heterocycles. The number of nitriles is 1. The van der Waals surface area contributed by atoms with Crippen LogP contribution in [0.15, 0.2) is 0 Å². The Morgan fingerprint density at radius 1 is 1.50 bits per heavy atom. The summed E-state index contributed by atoms with van der Waals surface area (Å²) >= 11 is 0. The summed E-state index contributed by atoms with van der Waals surface area (Å²) in [5, 5.41) is 12.3. The van der Waals surface area contributed by atoms with Crippen molar-refractivity contribution in [3.8, 4) is 6.07 Å². The van der Waals surface area contributed by atoms with E-state index in [2.05, 4.69) is 30.3 Å². The van der Waals surface area contributed by atoms with E-state index in [1.54, 1.807) is 0 Å². The molecule has 1 fully saturated rings. The van der Waals surface area contributed by atoms with Gasteiger partial charge in [-0.05, 0) is 39.8 Å². The molecule has 0 aromatic carbocycles. The SMILES string of the molecule is CNC(C)(C#N)CN(C)C1CCCC(C)C1. The van der Waals surface area contributed by atoms with E-state index in [0.717, 1.165) is 12.5 Å². The fourth-order valence-electron chi connectivity index (χ4n) is 2.60. The Balaban J connectivity index is 2.51. The van der Waals surface area contributed by atoms with Crippen LogP contribution in [0.3, 0.4) is 0 Å². The molecule has 1 aliphatic carbocycles. The third-order valence-corrected chi connectivity index (χ3v) is 3.90. The van der Waals surface area contributed by atoms with Crippen LogP contribution in [0.2, 0.25) is 0 Å². The van der Waals surface area contributed by atoms with Crippen molar-refractivity contribution in [3.05, 3.63) is 0 Å². The summed E-state index contributed by atoms with van der Waals surface area (Å²) in [4.78, 5) is 2.36. The van der Waals surface area contributed by atoms with Crippen LogP contribution in [0.25, 0.3) is 0 Å². The second-order valence-electron chi connectivity index (χ2n) is 5.53. The van der Waals surface area contributed by atoms with Gasteiger partial charge in [-0.15, -0.1) is 0 Å². The smallest absolute Gasteiger partial charge is 0.116 e. The zero-order chi connectivity index (χ0) is 12.2. The highest BCUT2D eigenvalue weighted by atomic mass is 15.2. The Hall–Kier alpha value is -0.590. The fraction of sp³-hybridized carbons (Fsp3) is 0.923. The predicted molar refractivity (Wildman–Crippen MR) is 67.1 cm³/mol. The van der Waals surface area contributed by atoms with Crippen LogP contribution in [0.1, 0.15) is 39.5 Å². The number of nitrogens with one attached hydrogen (secondary N) is 1. The lowest BCUT2D eigenvalue weighted by Crippen LogP contribution is -2.51. The highest BCUT2D eigenvalue weighted by Crippen LogP contribution is 2.27. The normalized spacial score (nSPS) is 29.8. The molecule has 92 valence electrons. The molecule has 1 saturated carbocycles. The third kappa shape index (κ3) is 3.47. The standard InChI is InChI=1S/C13H25N3/c1-11-6-5-7-12(8-11)16(4)10-13(2,9-14)15-3/h11-12,15H,5-8,10H2,1-4H3.